The van der Waals surface area contributed by atoms with Crippen LogP contribution in [0.15, 0.2) is 18.2 Å². The maximum atomic E-state index is 13.7. The van der Waals surface area contributed by atoms with E-state index in [1.807, 2.05) is 0 Å². The lowest BCUT2D eigenvalue weighted by Gasteiger charge is -2.43. The van der Waals surface area contributed by atoms with Gasteiger partial charge in [-0.1, -0.05) is 26.8 Å². The zero-order valence-electron chi connectivity index (χ0n) is 12.5. The van der Waals surface area contributed by atoms with Crippen LogP contribution in [0.5, 0.6) is 0 Å². The van der Waals surface area contributed by atoms with E-state index in [0.717, 1.165) is 5.92 Å². The van der Waals surface area contributed by atoms with Gasteiger partial charge in [-0.15, -0.1) is 0 Å². The molecular formula is C17H23F2N. The highest BCUT2D eigenvalue weighted by Crippen LogP contribution is 2.62. The molecule has 0 aliphatic heterocycles. The van der Waals surface area contributed by atoms with Crippen LogP contribution < -0.4 is 5.32 Å². The summed E-state index contributed by atoms with van der Waals surface area (Å²) in [7, 11) is 0. The summed E-state index contributed by atoms with van der Waals surface area (Å²) < 4.78 is 27.4. The van der Waals surface area contributed by atoms with Gasteiger partial charge < -0.3 is 5.32 Å². The lowest BCUT2D eigenvalue weighted by Crippen LogP contribution is -2.50. The molecule has 0 heterocycles. The largest absolute Gasteiger partial charge is 0.309 e. The average molecular weight is 279 g/mol. The minimum Gasteiger partial charge on any atom is -0.309 e. The van der Waals surface area contributed by atoms with Gasteiger partial charge in [0.2, 0.25) is 0 Å². The molecule has 0 radical (unpaired) electrons. The van der Waals surface area contributed by atoms with Crippen molar-refractivity contribution in [2.24, 2.45) is 16.7 Å². The van der Waals surface area contributed by atoms with Crippen molar-refractivity contribution in [2.45, 2.75) is 52.6 Å². The summed E-state index contributed by atoms with van der Waals surface area (Å²) in [6.07, 6.45) is 3.74. The van der Waals surface area contributed by atoms with Crippen LogP contribution in [0.25, 0.3) is 0 Å². The summed E-state index contributed by atoms with van der Waals surface area (Å²) in [5.74, 6) is -0.178. The number of hydrogen-bond donors (Lipinski definition) is 1. The zero-order valence-corrected chi connectivity index (χ0v) is 12.5. The van der Waals surface area contributed by atoms with Crippen LogP contribution in [0.1, 0.15) is 45.6 Å². The first kappa shape index (κ1) is 14.0. The van der Waals surface area contributed by atoms with Gasteiger partial charge >= 0.3 is 0 Å². The molecule has 3 heteroatoms. The van der Waals surface area contributed by atoms with E-state index in [1.165, 1.54) is 37.5 Å². The Labute approximate surface area is 119 Å². The maximum Gasteiger partial charge on any atom is 0.130 e. The Kier molecular flexibility index (Phi) is 3.16. The first-order valence-corrected chi connectivity index (χ1v) is 7.51. The van der Waals surface area contributed by atoms with Gasteiger partial charge in [-0.05, 0) is 48.1 Å². The zero-order chi connectivity index (χ0) is 14.5. The summed E-state index contributed by atoms with van der Waals surface area (Å²) >= 11 is 0. The van der Waals surface area contributed by atoms with Gasteiger partial charge in [-0.3, -0.25) is 0 Å². The van der Waals surface area contributed by atoms with Crippen molar-refractivity contribution in [1.29, 1.82) is 0 Å². The molecule has 110 valence electrons. The van der Waals surface area contributed by atoms with Crippen molar-refractivity contribution in [1.82, 2.24) is 5.32 Å². The monoisotopic (exact) mass is 279 g/mol. The van der Waals surface area contributed by atoms with E-state index < -0.39 is 11.6 Å². The smallest absolute Gasteiger partial charge is 0.130 e. The van der Waals surface area contributed by atoms with Gasteiger partial charge in [0.25, 0.3) is 0 Å². The molecule has 0 amide bonds. The topological polar surface area (TPSA) is 12.0 Å². The number of fused-ring (bicyclic) bond motifs is 2. The lowest BCUT2D eigenvalue weighted by atomic mass is 9.68. The van der Waals surface area contributed by atoms with E-state index in [1.54, 1.807) is 0 Å². The second-order valence-electron chi connectivity index (χ2n) is 7.43. The van der Waals surface area contributed by atoms with Crippen molar-refractivity contribution in [3.63, 3.8) is 0 Å². The second-order valence-corrected chi connectivity index (χ2v) is 7.43. The molecule has 1 aromatic carbocycles. The maximum absolute atomic E-state index is 13.7. The Balaban J connectivity index is 1.79. The molecule has 0 saturated heterocycles. The fourth-order valence-corrected chi connectivity index (χ4v) is 4.72. The van der Waals surface area contributed by atoms with Crippen molar-refractivity contribution in [3.8, 4) is 0 Å². The van der Waals surface area contributed by atoms with Gasteiger partial charge in [0.15, 0.2) is 0 Å². The normalized spacial score (nSPS) is 34.6. The van der Waals surface area contributed by atoms with Gasteiger partial charge in [0.05, 0.1) is 0 Å². The van der Waals surface area contributed by atoms with Crippen LogP contribution in [0.3, 0.4) is 0 Å². The molecule has 0 spiro atoms. The molecule has 2 saturated carbocycles. The standard InChI is InChI=1S/C17H23F2N/c1-16(2)11-7-8-17(3,9-11)15(16)20-10-12-13(18)5-4-6-14(12)19/h4-6,11,15,20H,7-10H2,1-3H3. The SMILES string of the molecule is CC12CCC(C1)C(C)(C)C2NCc1c(F)cccc1F. The molecule has 2 fully saturated rings. The second kappa shape index (κ2) is 4.52. The fraction of sp³-hybridized carbons (Fsp3) is 0.647. The third-order valence-corrected chi connectivity index (χ3v) is 5.81. The quantitative estimate of drug-likeness (QED) is 0.871. The van der Waals surface area contributed by atoms with Gasteiger partial charge in [-0.25, -0.2) is 8.78 Å². The van der Waals surface area contributed by atoms with Crippen LogP contribution in [-0.2, 0) is 6.54 Å². The molecule has 3 atom stereocenters. The molecule has 2 bridgehead atoms. The first-order chi connectivity index (χ1) is 9.34. The Hall–Kier alpha value is -0.960. The van der Waals surface area contributed by atoms with E-state index in [9.17, 15) is 8.78 Å². The van der Waals surface area contributed by atoms with E-state index in [0.29, 0.717) is 6.04 Å². The van der Waals surface area contributed by atoms with Crippen LogP contribution in [0.4, 0.5) is 8.78 Å². The lowest BCUT2D eigenvalue weighted by molar-refractivity contribution is 0.107. The molecule has 3 unspecified atom stereocenters. The fourth-order valence-electron chi connectivity index (χ4n) is 4.72. The van der Waals surface area contributed by atoms with Crippen molar-refractivity contribution in [2.75, 3.05) is 0 Å². The van der Waals surface area contributed by atoms with E-state index in [-0.39, 0.29) is 22.9 Å². The Bertz CT molecular complexity index is 501. The minimum atomic E-state index is -0.455. The third-order valence-electron chi connectivity index (χ3n) is 5.81. The summed E-state index contributed by atoms with van der Waals surface area (Å²) in [4.78, 5) is 0. The summed E-state index contributed by atoms with van der Waals surface area (Å²) in [5, 5.41) is 3.46. The third kappa shape index (κ3) is 1.98. The number of rotatable bonds is 3. The van der Waals surface area contributed by atoms with Crippen molar-refractivity contribution in [3.05, 3.63) is 35.4 Å². The minimum absolute atomic E-state index is 0.162. The molecule has 2 aliphatic carbocycles. The molecule has 1 aromatic rings. The highest BCUT2D eigenvalue weighted by atomic mass is 19.1. The van der Waals surface area contributed by atoms with E-state index in [4.69, 9.17) is 0 Å². The molecule has 2 aliphatic rings. The van der Waals surface area contributed by atoms with Crippen LogP contribution in [0.2, 0.25) is 0 Å². The Morgan fingerprint density at radius 3 is 2.40 bits per heavy atom. The summed E-state index contributed by atoms with van der Waals surface area (Å²) in [5.41, 5.74) is 0.639. The Morgan fingerprint density at radius 1 is 1.20 bits per heavy atom. The van der Waals surface area contributed by atoms with Crippen LogP contribution >= 0.6 is 0 Å². The first-order valence-electron chi connectivity index (χ1n) is 7.51. The Morgan fingerprint density at radius 2 is 1.85 bits per heavy atom. The molecule has 3 rings (SSSR count). The van der Waals surface area contributed by atoms with Crippen LogP contribution in [-0.4, -0.2) is 6.04 Å². The molecule has 1 nitrogen and oxygen atoms in total. The number of hydrogen-bond acceptors (Lipinski definition) is 1. The number of benzene rings is 1. The average Bonchev–Trinajstić information content (AvgIpc) is 2.83. The predicted octanol–water partition coefficient (Wildman–Crippen LogP) is 4.27. The number of nitrogens with one attached hydrogen (secondary N) is 1. The summed E-state index contributed by atoms with van der Waals surface area (Å²) in [6, 6.07) is 4.39. The predicted molar refractivity (Wildman–Crippen MR) is 76.2 cm³/mol. The molecule has 20 heavy (non-hydrogen) atoms. The van der Waals surface area contributed by atoms with Gasteiger partial charge in [-0.2, -0.15) is 0 Å². The van der Waals surface area contributed by atoms with E-state index >= 15 is 0 Å². The molecule has 1 N–H and O–H groups in total. The summed E-state index contributed by atoms with van der Waals surface area (Å²) in [6.45, 7) is 7.17. The highest BCUT2D eigenvalue weighted by Gasteiger charge is 2.58. The van der Waals surface area contributed by atoms with Crippen LogP contribution in [0, 0.1) is 28.4 Å². The molecular weight excluding hydrogens is 256 g/mol. The molecule has 0 aromatic heterocycles. The van der Waals surface area contributed by atoms with E-state index in [2.05, 4.69) is 26.1 Å². The number of halogens is 2. The highest BCUT2D eigenvalue weighted by molar-refractivity contribution is 5.20. The van der Waals surface area contributed by atoms with Gasteiger partial charge in [0.1, 0.15) is 11.6 Å². The van der Waals surface area contributed by atoms with Crippen molar-refractivity contribution >= 4 is 0 Å². The van der Waals surface area contributed by atoms with Crippen molar-refractivity contribution < 1.29 is 8.78 Å². The van der Waals surface area contributed by atoms with Gasteiger partial charge in [0, 0.05) is 18.2 Å².